The number of fused-ring (bicyclic) bond motifs is 1. The molecule has 2 nitrogen and oxygen atoms in total. The van der Waals surface area contributed by atoms with Crippen molar-refractivity contribution < 1.29 is 0 Å². The molecule has 0 atom stereocenters. The molecule has 14 heavy (non-hydrogen) atoms. The average molecular weight is 253 g/mol. The highest BCUT2D eigenvalue weighted by molar-refractivity contribution is 9.10. The van der Waals surface area contributed by atoms with Crippen molar-refractivity contribution in [1.82, 2.24) is 9.78 Å². The van der Waals surface area contributed by atoms with E-state index in [9.17, 15) is 0 Å². The summed E-state index contributed by atoms with van der Waals surface area (Å²) < 4.78 is 3.17. The number of hydrogen-bond donors (Lipinski definition) is 0. The van der Waals surface area contributed by atoms with Crippen LogP contribution in [0.25, 0.3) is 10.9 Å². The van der Waals surface area contributed by atoms with Crippen molar-refractivity contribution in [2.24, 2.45) is 0 Å². The second-order valence-corrected chi connectivity index (χ2v) is 4.19. The maximum absolute atomic E-state index is 4.56. The van der Waals surface area contributed by atoms with E-state index in [0.717, 1.165) is 17.4 Å². The van der Waals surface area contributed by atoms with E-state index in [1.807, 2.05) is 0 Å². The van der Waals surface area contributed by atoms with E-state index >= 15 is 0 Å². The quantitative estimate of drug-likeness (QED) is 0.802. The minimum atomic E-state index is 0.924. The first kappa shape index (κ1) is 9.71. The van der Waals surface area contributed by atoms with Gasteiger partial charge in [-0.05, 0) is 31.5 Å². The predicted molar refractivity (Wildman–Crippen MR) is 62.5 cm³/mol. The topological polar surface area (TPSA) is 17.8 Å². The molecule has 0 radical (unpaired) electrons. The summed E-state index contributed by atoms with van der Waals surface area (Å²) in [5, 5.41) is 5.84. The number of hydrogen-bond acceptors (Lipinski definition) is 1. The van der Waals surface area contributed by atoms with Crippen molar-refractivity contribution in [3.63, 3.8) is 0 Å². The molecule has 1 aromatic carbocycles. The van der Waals surface area contributed by atoms with E-state index in [4.69, 9.17) is 0 Å². The Morgan fingerprint density at radius 1 is 1.36 bits per heavy atom. The van der Waals surface area contributed by atoms with Crippen LogP contribution in [0, 0.1) is 0 Å². The second kappa shape index (κ2) is 3.73. The minimum absolute atomic E-state index is 0.924. The van der Waals surface area contributed by atoms with E-state index in [2.05, 4.69) is 57.8 Å². The Bertz CT molecular complexity index is 460. The fourth-order valence-electron chi connectivity index (χ4n) is 1.72. The van der Waals surface area contributed by atoms with Crippen molar-refractivity contribution in [2.45, 2.75) is 26.8 Å². The first-order valence-corrected chi connectivity index (χ1v) is 5.70. The molecule has 74 valence electrons. The molecular formula is C11H13BrN2. The molecule has 0 aliphatic rings. The Balaban J connectivity index is 2.75. The van der Waals surface area contributed by atoms with Crippen LogP contribution in [-0.4, -0.2) is 9.78 Å². The van der Waals surface area contributed by atoms with Crippen molar-refractivity contribution >= 4 is 26.8 Å². The van der Waals surface area contributed by atoms with Gasteiger partial charge in [0, 0.05) is 16.4 Å². The molecule has 0 fully saturated rings. The van der Waals surface area contributed by atoms with E-state index < -0.39 is 0 Å². The third kappa shape index (κ3) is 1.46. The van der Waals surface area contributed by atoms with Crippen LogP contribution in [0.1, 0.15) is 19.5 Å². The highest BCUT2D eigenvalue weighted by Gasteiger charge is 2.07. The Morgan fingerprint density at radius 3 is 2.79 bits per heavy atom. The van der Waals surface area contributed by atoms with E-state index in [1.165, 1.54) is 16.6 Å². The second-order valence-electron chi connectivity index (χ2n) is 3.28. The van der Waals surface area contributed by atoms with Gasteiger partial charge in [-0.15, -0.1) is 0 Å². The number of aromatic nitrogens is 2. The number of nitrogens with zero attached hydrogens (tertiary/aromatic N) is 2. The summed E-state index contributed by atoms with van der Waals surface area (Å²) in [4.78, 5) is 0. The van der Waals surface area contributed by atoms with Crippen LogP contribution in [0.5, 0.6) is 0 Å². The van der Waals surface area contributed by atoms with Crippen LogP contribution in [0.15, 0.2) is 22.7 Å². The molecule has 1 aromatic heterocycles. The SMILES string of the molecule is CCc1nn(CC)c2cc(Br)ccc12. The van der Waals surface area contributed by atoms with Gasteiger partial charge in [-0.2, -0.15) is 5.10 Å². The van der Waals surface area contributed by atoms with Gasteiger partial charge in [-0.1, -0.05) is 22.9 Å². The van der Waals surface area contributed by atoms with Crippen LogP contribution >= 0.6 is 15.9 Å². The van der Waals surface area contributed by atoms with Gasteiger partial charge in [-0.3, -0.25) is 4.68 Å². The Morgan fingerprint density at radius 2 is 2.14 bits per heavy atom. The Hall–Kier alpha value is -0.830. The van der Waals surface area contributed by atoms with E-state index in [0.29, 0.717) is 0 Å². The van der Waals surface area contributed by atoms with Crippen LogP contribution in [0.4, 0.5) is 0 Å². The van der Waals surface area contributed by atoms with Crippen molar-refractivity contribution in [3.8, 4) is 0 Å². The highest BCUT2D eigenvalue weighted by Crippen LogP contribution is 2.23. The zero-order valence-corrected chi connectivity index (χ0v) is 10.0. The summed E-state index contributed by atoms with van der Waals surface area (Å²) in [5.41, 5.74) is 2.41. The average Bonchev–Trinajstić information content (AvgIpc) is 2.55. The van der Waals surface area contributed by atoms with Crippen molar-refractivity contribution in [2.75, 3.05) is 0 Å². The van der Waals surface area contributed by atoms with Crippen molar-refractivity contribution in [3.05, 3.63) is 28.4 Å². The number of halogens is 1. The van der Waals surface area contributed by atoms with E-state index in [1.54, 1.807) is 0 Å². The van der Waals surface area contributed by atoms with Gasteiger partial charge >= 0.3 is 0 Å². The standard InChI is InChI=1S/C11H13BrN2/c1-3-10-9-6-5-8(12)7-11(9)14(4-2)13-10/h5-7H,3-4H2,1-2H3. The highest BCUT2D eigenvalue weighted by atomic mass is 79.9. The van der Waals surface area contributed by atoms with Gasteiger partial charge in [0.1, 0.15) is 0 Å². The van der Waals surface area contributed by atoms with Gasteiger partial charge in [0.2, 0.25) is 0 Å². The van der Waals surface area contributed by atoms with Gasteiger partial charge in [-0.25, -0.2) is 0 Å². The number of benzene rings is 1. The lowest BCUT2D eigenvalue weighted by molar-refractivity contribution is 0.670. The van der Waals surface area contributed by atoms with Gasteiger partial charge in [0.15, 0.2) is 0 Å². The molecule has 0 saturated carbocycles. The third-order valence-electron chi connectivity index (χ3n) is 2.42. The summed E-state index contributed by atoms with van der Waals surface area (Å²) in [6, 6.07) is 6.34. The lowest BCUT2D eigenvalue weighted by Gasteiger charge is -1.97. The maximum atomic E-state index is 4.56. The molecule has 0 unspecified atom stereocenters. The first-order chi connectivity index (χ1) is 6.76. The smallest absolute Gasteiger partial charge is 0.0700 e. The molecule has 0 N–H and O–H groups in total. The normalized spacial score (nSPS) is 11.1. The molecule has 2 aromatic rings. The monoisotopic (exact) mass is 252 g/mol. The number of rotatable bonds is 2. The largest absolute Gasteiger partial charge is 0.265 e. The molecule has 1 heterocycles. The molecule has 0 aliphatic carbocycles. The van der Waals surface area contributed by atoms with Crippen LogP contribution in [0.2, 0.25) is 0 Å². The molecule has 0 spiro atoms. The Kier molecular flexibility index (Phi) is 2.59. The molecule has 0 bridgehead atoms. The molecule has 0 amide bonds. The summed E-state index contributed by atoms with van der Waals surface area (Å²) in [6.45, 7) is 5.18. The fourth-order valence-corrected chi connectivity index (χ4v) is 2.07. The van der Waals surface area contributed by atoms with Gasteiger partial charge in [0.25, 0.3) is 0 Å². The maximum Gasteiger partial charge on any atom is 0.0700 e. The van der Waals surface area contributed by atoms with Gasteiger partial charge < -0.3 is 0 Å². The van der Waals surface area contributed by atoms with Gasteiger partial charge in [0.05, 0.1) is 11.2 Å². The molecular weight excluding hydrogens is 240 g/mol. The van der Waals surface area contributed by atoms with Crippen LogP contribution in [-0.2, 0) is 13.0 Å². The summed E-state index contributed by atoms with van der Waals surface area (Å²) >= 11 is 3.49. The fraction of sp³-hybridized carbons (Fsp3) is 0.364. The molecule has 3 heteroatoms. The minimum Gasteiger partial charge on any atom is -0.265 e. The lowest BCUT2D eigenvalue weighted by atomic mass is 10.2. The zero-order valence-electron chi connectivity index (χ0n) is 8.42. The summed E-state index contributed by atoms with van der Waals surface area (Å²) in [7, 11) is 0. The first-order valence-electron chi connectivity index (χ1n) is 4.91. The summed E-state index contributed by atoms with van der Waals surface area (Å²) in [6.07, 6.45) is 0.991. The summed E-state index contributed by atoms with van der Waals surface area (Å²) in [5.74, 6) is 0. The Labute approximate surface area is 92.0 Å². The number of aryl methyl sites for hydroxylation is 2. The third-order valence-corrected chi connectivity index (χ3v) is 2.92. The predicted octanol–water partition coefficient (Wildman–Crippen LogP) is 3.38. The van der Waals surface area contributed by atoms with Crippen LogP contribution in [0.3, 0.4) is 0 Å². The lowest BCUT2D eigenvalue weighted by Crippen LogP contribution is -1.96. The van der Waals surface area contributed by atoms with E-state index in [-0.39, 0.29) is 0 Å². The van der Waals surface area contributed by atoms with Crippen molar-refractivity contribution in [1.29, 1.82) is 0 Å². The molecule has 0 saturated heterocycles. The zero-order chi connectivity index (χ0) is 10.1. The molecule has 0 aliphatic heterocycles. The van der Waals surface area contributed by atoms with Crippen LogP contribution < -0.4 is 0 Å². The molecule has 2 rings (SSSR count).